The summed E-state index contributed by atoms with van der Waals surface area (Å²) in [4.78, 5) is 37.7. The molecule has 1 aromatic rings. The van der Waals surface area contributed by atoms with E-state index in [-0.39, 0.29) is 30.8 Å². The smallest absolute Gasteiger partial charge is 0.409 e. The predicted molar refractivity (Wildman–Crippen MR) is 97.0 cm³/mol. The number of carbonyl (C=O) groups is 3. The van der Waals surface area contributed by atoms with Crippen LogP contribution in [0.25, 0.3) is 0 Å². The molecule has 0 aliphatic carbocycles. The number of ketones is 1. The Morgan fingerprint density at radius 1 is 1.23 bits per heavy atom. The number of carbonyl (C=O) groups excluding carboxylic acids is 3. The van der Waals surface area contributed by atoms with Crippen molar-refractivity contribution < 1.29 is 23.9 Å². The zero-order chi connectivity index (χ0) is 19.1. The van der Waals surface area contributed by atoms with Crippen molar-refractivity contribution in [3.8, 4) is 0 Å². The van der Waals surface area contributed by atoms with Crippen LogP contribution in [0.2, 0.25) is 5.02 Å². The van der Waals surface area contributed by atoms with Crippen LogP contribution in [0.15, 0.2) is 24.3 Å². The number of Topliss-reactive ketones (excluding diaryl/α,β-unsaturated/α-hetero) is 1. The molecule has 6 nitrogen and oxygen atoms in total. The van der Waals surface area contributed by atoms with Crippen LogP contribution in [0.3, 0.4) is 0 Å². The number of nitrogens with zero attached hydrogens (tertiary/aromatic N) is 1. The highest BCUT2D eigenvalue weighted by Gasteiger charge is 2.35. The van der Waals surface area contributed by atoms with Gasteiger partial charge in [0.15, 0.2) is 0 Å². The molecule has 0 saturated carbocycles. The highest BCUT2D eigenvalue weighted by Crippen LogP contribution is 2.28. The lowest BCUT2D eigenvalue weighted by molar-refractivity contribution is -0.146. The number of esters is 1. The number of halogens is 1. The lowest BCUT2D eigenvalue weighted by Gasteiger charge is -2.38. The molecule has 7 heteroatoms. The van der Waals surface area contributed by atoms with Gasteiger partial charge in [-0.15, -0.1) is 0 Å². The van der Waals surface area contributed by atoms with Crippen molar-refractivity contribution in [2.75, 3.05) is 20.3 Å². The highest BCUT2D eigenvalue weighted by atomic mass is 35.5. The van der Waals surface area contributed by atoms with Crippen molar-refractivity contribution in [1.82, 2.24) is 4.90 Å². The van der Waals surface area contributed by atoms with E-state index in [9.17, 15) is 14.4 Å². The Morgan fingerprint density at radius 2 is 1.92 bits per heavy atom. The maximum Gasteiger partial charge on any atom is 0.409 e. The molecule has 142 valence electrons. The second kappa shape index (κ2) is 9.57. The molecule has 0 radical (unpaired) electrons. The van der Waals surface area contributed by atoms with Gasteiger partial charge in [0.1, 0.15) is 12.2 Å². The van der Waals surface area contributed by atoms with Crippen LogP contribution in [0.1, 0.15) is 31.7 Å². The minimum Gasteiger partial charge on any atom is -0.466 e. The lowest BCUT2D eigenvalue weighted by Crippen LogP contribution is -2.48. The predicted octanol–water partition coefficient (Wildman–Crippen LogP) is 3.25. The fourth-order valence-corrected chi connectivity index (χ4v) is 3.41. The van der Waals surface area contributed by atoms with E-state index in [0.717, 1.165) is 5.56 Å². The van der Waals surface area contributed by atoms with E-state index < -0.39 is 12.1 Å². The van der Waals surface area contributed by atoms with Crippen molar-refractivity contribution >= 4 is 29.4 Å². The number of rotatable bonds is 6. The zero-order valence-electron chi connectivity index (χ0n) is 15.1. The zero-order valence-corrected chi connectivity index (χ0v) is 15.8. The molecule has 0 bridgehead atoms. The molecule has 1 aromatic carbocycles. The molecule has 0 N–H and O–H groups in total. The fourth-order valence-electron chi connectivity index (χ4n) is 3.29. The number of hydrogen-bond donors (Lipinski definition) is 0. The Bertz CT molecular complexity index is 646. The second-order valence-corrected chi connectivity index (χ2v) is 6.75. The molecule has 2 atom stereocenters. The molecule has 0 aromatic heterocycles. The van der Waals surface area contributed by atoms with Crippen molar-refractivity contribution in [1.29, 1.82) is 0 Å². The van der Waals surface area contributed by atoms with Crippen LogP contribution in [0, 0.1) is 5.92 Å². The standard InChI is InChI=1S/C19H24ClNO5/c1-3-26-18(23)12-17(22)14-8-9-21(19(24)25-2)16(11-14)10-13-4-6-15(20)7-5-13/h4-7,14,16H,3,8-12H2,1-2H3. The van der Waals surface area contributed by atoms with E-state index in [4.69, 9.17) is 21.1 Å². The van der Waals surface area contributed by atoms with Crippen LogP contribution in [0.4, 0.5) is 4.79 Å². The molecular formula is C19H24ClNO5. The molecule has 2 unspecified atom stereocenters. The Kier molecular flexibility index (Phi) is 7.45. The SMILES string of the molecule is CCOC(=O)CC(=O)C1CCN(C(=O)OC)C(Cc2ccc(Cl)cc2)C1. The van der Waals surface area contributed by atoms with Crippen molar-refractivity contribution in [2.24, 2.45) is 5.92 Å². The van der Waals surface area contributed by atoms with Gasteiger partial charge in [0.25, 0.3) is 0 Å². The van der Waals surface area contributed by atoms with Crippen molar-refractivity contribution in [3.05, 3.63) is 34.9 Å². The summed E-state index contributed by atoms with van der Waals surface area (Å²) in [6.07, 6.45) is 0.987. The average molecular weight is 382 g/mol. The minimum absolute atomic E-state index is 0.130. The molecule has 1 aliphatic rings. The molecule has 1 aliphatic heterocycles. The number of ether oxygens (including phenoxy) is 2. The summed E-state index contributed by atoms with van der Waals surface area (Å²) >= 11 is 5.92. The second-order valence-electron chi connectivity index (χ2n) is 6.32. The Hall–Kier alpha value is -2.08. The van der Waals surface area contributed by atoms with Gasteiger partial charge in [-0.05, 0) is 43.9 Å². The quantitative estimate of drug-likeness (QED) is 0.558. The number of hydrogen-bond acceptors (Lipinski definition) is 5. The summed E-state index contributed by atoms with van der Waals surface area (Å²) in [7, 11) is 1.35. The molecule has 26 heavy (non-hydrogen) atoms. The maximum absolute atomic E-state index is 12.4. The van der Waals surface area contributed by atoms with Crippen LogP contribution < -0.4 is 0 Å². The van der Waals surface area contributed by atoms with Crippen LogP contribution in [-0.4, -0.2) is 49.0 Å². The average Bonchev–Trinajstić information content (AvgIpc) is 2.63. The summed E-state index contributed by atoms with van der Waals surface area (Å²) in [6.45, 7) is 2.38. The normalized spacial score (nSPS) is 19.7. The van der Waals surface area contributed by atoms with Crippen molar-refractivity contribution in [3.63, 3.8) is 0 Å². The molecule has 1 heterocycles. The first-order valence-electron chi connectivity index (χ1n) is 8.72. The molecule has 1 fully saturated rings. The van der Waals surface area contributed by atoms with Gasteiger partial charge in [-0.2, -0.15) is 0 Å². The van der Waals surface area contributed by atoms with Gasteiger partial charge in [-0.3, -0.25) is 9.59 Å². The number of methoxy groups -OCH3 is 1. The molecule has 0 spiro atoms. The number of benzene rings is 1. The minimum atomic E-state index is -0.498. The van der Waals surface area contributed by atoms with E-state index in [1.54, 1.807) is 24.0 Å². The molecular weight excluding hydrogens is 358 g/mol. The van der Waals surface area contributed by atoms with Gasteiger partial charge >= 0.3 is 12.1 Å². The first-order valence-corrected chi connectivity index (χ1v) is 9.09. The Morgan fingerprint density at radius 3 is 2.54 bits per heavy atom. The van der Waals surface area contributed by atoms with Gasteiger partial charge in [0.2, 0.25) is 0 Å². The third kappa shape index (κ3) is 5.46. The van der Waals surface area contributed by atoms with Gasteiger partial charge in [0.05, 0.1) is 13.7 Å². The largest absolute Gasteiger partial charge is 0.466 e. The molecule has 1 saturated heterocycles. The number of likely N-dealkylation sites (tertiary alicyclic amines) is 1. The fraction of sp³-hybridized carbons (Fsp3) is 0.526. The third-order valence-corrected chi connectivity index (χ3v) is 4.84. The van der Waals surface area contributed by atoms with Crippen LogP contribution in [-0.2, 0) is 25.5 Å². The van der Waals surface area contributed by atoms with E-state index in [1.165, 1.54) is 7.11 Å². The Labute approximate surface area is 158 Å². The first-order chi connectivity index (χ1) is 12.4. The number of amides is 1. The van der Waals surface area contributed by atoms with Crippen LogP contribution >= 0.6 is 11.6 Å². The van der Waals surface area contributed by atoms with Gasteiger partial charge in [0, 0.05) is 23.5 Å². The van der Waals surface area contributed by atoms with E-state index >= 15 is 0 Å². The summed E-state index contributed by atoms with van der Waals surface area (Å²) in [5, 5.41) is 0.643. The summed E-state index contributed by atoms with van der Waals surface area (Å²) in [5.41, 5.74) is 1.02. The van der Waals surface area contributed by atoms with Gasteiger partial charge < -0.3 is 14.4 Å². The van der Waals surface area contributed by atoms with Crippen LogP contribution in [0.5, 0.6) is 0 Å². The maximum atomic E-state index is 12.4. The molecule has 2 rings (SSSR count). The third-order valence-electron chi connectivity index (χ3n) is 4.59. The highest BCUT2D eigenvalue weighted by molar-refractivity contribution is 6.30. The molecule has 1 amide bonds. The number of piperidine rings is 1. The summed E-state index contributed by atoms with van der Waals surface area (Å²) in [5.74, 6) is -0.895. The topological polar surface area (TPSA) is 72.9 Å². The van der Waals surface area contributed by atoms with Gasteiger partial charge in [-0.1, -0.05) is 23.7 Å². The van der Waals surface area contributed by atoms with Crippen molar-refractivity contribution in [2.45, 2.75) is 38.6 Å². The summed E-state index contributed by atoms with van der Waals surface area (Å²) < 4.78 is 9.73. The van der Waals surface area contributed by atoms with Gasteiger partial charge in [-0.25, -0.2) is 4.79 Å². The van der Waals surface area contributed by atoms with E-state index in [1.807, 2.05) is 12.1 Å². The van der Waals surface area contributed by atoms with E-state index in [2.05, 4.69) is 0 Å². The lowest BCUT2D eigenvalue weighted by atomic mass is 9.84. The monoisotopic (exact) mass is 381 g/mol. The van der Waals surface area contributed by atoms with E-state index in [0.29, 0.717) is 30.8 Å². The Balaban J connectivity index is 2.08. The summed E-state index contributed by atoms with van der Waals surface area (Å²) in [6, 6.07) is 7.23. The first kappa shape index (κ1) is 20.2.